The van der Waals surface area contributed by atoms with Crippen LogP contribution in [-0.2, 0) is 0 Å². The Morgan fingerprint density at radius 3 is 2.06 bits per heavy atom. The van der Waals surface area contributed by atoms with Crippen molar-refractivity contribution in [1.29, 1.82) is 0 Å². The Balaban J connectivity index is 0.00000289. The minimum Gasteiger partial charge on any atom is -0.506 e. The van der Waals surface area contributed by atoms with E-state index >= 15 is 0 Å². The number of aromatic nitrogens is 1. The van der Waals surface area contributed by atoms with Crippen LogP contribution in [0.15, 0.2) is 89.7 Å². The minimum absolute atomic E-state index is 0. The van der Waals surface area contributed by atoms with E-state index in [4.69, 9.17) is 0 Å². The maximum absolute atomic E-state index is 11.7. The lowest BCUT2D eigenvalue weighted by atomic mass is 9.88. The Hall–Kier alpha value is -3.12. The highest BCUT2D eigenvalue weighted by atomic mass is 35.5. The fraction of sp³-hybridized carbons (Fsp3) is 0.192. The van der Waals surface area contributed by atoms with Gasteiger partial charge in [0.15, 0.2) is 0 Å². The van der Waals surface area contributed by atoms with Gasteiger partial charge in [-0.1, -0.05) is 66.7 Å². The van der Waals surface area contributed by atoms with Crippen molar-refractivity contribution in [1.82, 2.24) is 10.3 Å². The lowest BCUT2D eigenvalue weighted by Crippen LogP contribution is -2.27. The molecule has 1 heterocycles. The summed E-state index contributed by atoms with van der Waals surface area (Å²) >= 11 is 0. The number of halogens is 1. The van der Waals surface area contributed by atoms with E-state index in [1.165, 1.54) is 17.2 Å². The van der Waals surface area contributed by atoms with Crippen molar-refractivity contribution in [3.8, 4) is 5.75 Å². The van der Waals surface area contributed by atoms with Crippen LogP contribution >= 0.6 is 12.4 Å². The zero-order valence-corrected chi connectivity index (χ0v) is 18.4. The Morgan fingerprint density at radius 2 is 1.47 bits per heavy atom. The molecule has 4 aromatic rings. The van der Waals surface area contributed by atoms with Crippen LogP contribution in [0.2, 0.25) is 0 Å². The maximum atomic E-state index is 11.7. The molecule has 0 aliphatic rings. The highest BCUT2D eigenvalue weighted by molar-refractivity contribution is 5.87. The lowest BCUT2D eigenvalue weighted by Gasteiger charge is -2.22. The van der Waals surface area contributed by atoms with Gasteiger partial charge in [0.05, 0.1) is 18.2 Å². The molecule has 0 bridgehead atoms. The van der Waals surface area contributed by atoms with E-state index in [1.54, 1.807) is 18.2 Å². The molecule has 32 heavy (non-hydrogen) atoms. The van der Waals surface area contributed by atoms with Crippen LogP contribution in [0.25, 0.3) is 10.9 Å². The number of nitrogens with one attached hydrogen (secondary N) is 2. The predicted molar refractivity (Wildman–Crippen MR) is 131 cm³/mol. The van der Waals surface area contributed by atoms with Crippen molar-refractivity contribution >= 4 is 23.3 Å². The van der Waals surface area contributed by atoms with Gasteiger partial charge in [-0.15, -0.1) is 12.4 Å². The van der Waals surface area contributed by atoms with E-state index in [1.807, 2.05) is 12.1 Å². The molecule has 0 spiro atoms. The summed E-state index contributed by atoms with van der Waals surface area (Å²) in [6.45, 7) is 0.589. The molecular weight excluding hydrogens is 424 g/mol. The van der Waals surface area contributed by atoms with Crippen LogP contribution in [0.1, 0.15) is 35.1 Å². The van der Waals surface area contributed by atoms with Crippen LogP contribution in [0, 0.1) is 0 Å². The van der Waals surface area contributed by atoms with E-state index in [0.717, 1.165) is 12.0 Å². The van der Waals surface area contributed by atoms with Crippen LogP contribution in [-0.4, -0.2) is 28.3 Å². The minimum atomic E-state index is -0.318. The molecule has 0 aliphatic heterocycles. The number of phenols is 1. The summed E-state index contributed by atoms with van der Waals surface area (Å²) < 4.78 is 0. The molecule has 4 N–H and O–H groups in total. The van der Waals surface area contributed by atoms with Crippen molar-refractivity contribution in [2.24, 2.45) is 0 Å². The largest absolute Gasteiger partial charge is 0.506 e. The first-order chi connectivity index (χ1) is 15.2. The molecule has 0 aliphatic carbocycles. The molecule has 0 saturated carbocycles. The molecule has 6 heteroatoms. The summed E-state index contributed by atoms with van der Waals surface area (Å²) in [5.74, 6) is 0.253. The second kappa shape index (κ2) is 11.0. The first-order valence-electron chi connectivity index (χ1n) is 10.5. The molecule has 5 nitrogen and oxygen atoms in total. The smallest absolute Gasteiger partial charge is 0.248 e. The van der Waals surface area contributed by atoms with Gasteiger partial charge in [0.2, 0.25) is 5.56 Å². The number of benzene rings is 3. The average Bonchev–Trinajstić information content (AvgIpc) is 2.81. The Bertz CT molecular complexity index is 1160. The third-order valence-corrected chi connectivity index (χ3v) is 5.69. The highest BCUT2D eigenvalue weighted by Gasteiger charge is 2.18. The monoisotopic (exact) mass is 450 g/mol. The average molecular weight is 451 g/mol. The van der Waals surface area contributed by atoms with Crippen molar-refractivity contribution in [2.45, 2.75) is 18.4 Å². The zero-order valence-electron chi connectivity index (χ0n) is 17.6. The molecule has 1 unspecified atom stereocenters. The van der Waals surface area contributed by atoms with E-state index < -0.39 is 0 Å². The number of rotatable bonds is 8. The molecule has 166 valence electrons. The number of hydrogen-bond acceptors (Lipinski definition) is 4. The lowest BCUT2D eigenvalue weighted by molar-refractivity contribution is 0.244. The van der Waals surface area contributed by atoms with Gasteiger partial charge in [0.1, 0.15) is 5.75 Å². The van der Waals surface area contributed by atoms with Gasteiger partial charge >= 0.3 is 0 Å². The SMILES string of the molecule is Cl.O=c1ccc2c(C(CO)NCCC(c3ccccc3)c3ccccc3)ccc(O)c2[nH]1. The number of aromatic hydroxyl groups is 1. The second-order valence-electron chi connectivity index (χ2n) is 7.64. The molecule has 0 saturated heterocycles. The fourth-order valence-electron chi connectivity index (χ4n) is 4.13. The Labute approximate surface area is 193 Å². The van der Waals surface area contributed by atoms with Crippen molar-refractivity contribution in [3.63, 3.8) is 0 Å². The van der Waals surface area contributed by atoms with Gasteiger partial charge in [-0.2, -0.15) is 0 Å². The van der Waals surface area contributed by atoms with Gasteiger partial charge in [-0.3, -0.25) is 4.79 Å². The standard InChI is InChI=1S/C26H26N2O3.ClH/c29-17-23(21-11-13-24(30)26-22(21)12-14-25(31)28-26)27-16-15-20(18-7-3-1-4-8-18)19-9-5-2-6-10-19;/h1-14,20,23,27,29-30H,15-17H2,(H,28,31);1H. The van der Waals surface area contributed by atoms with Crippen molar-refractivity contribution < 1.29 is 10.2 Å². The first-order valence-corrected chi connectivity index (χ1v) is 10.5. The number of H-pyrrole nitrogens is 1. The van der Waals surface area contributed by atoms with Crippen LogP contribution < -0.4 is 10.9 Å². The van der Waals surface area contributed by atoms with Crippen molar-refractivity contribution in [3.05, 3.63) is 112 Å². The second-order valence-corrected chi connectivity index (χ2v) is 7.64. The van der Waals surface area contributed by atoms with Crippen LogP contribution in [0.5, 0.6) is 5.75 Å². The molecular formula is C26H27ClN2O3. The number of hydrogen-bond donors (Lipinski definition) is 4. The van der Waals surface area contributed by atoms with Gasteiger partial charge in [-0.25, -0.2) is 0 Å². The molecule has 0 fully saturated rings. The molecule has 3 aromatic carbocycles. The molecule has 1 aromatic heterocycles. The summed E-state index contributed by atoms with van der Waals surface area (Å²) in [6.07, 6.45) is 0.859. The highest BCUT2D eigenvalue weighted by Crippen LogP contribution is 2.30. The first kappa shape index (κ1) is 23.5. The quantitative estimate of drug-likeness (QED) is 0.318. The summed E-state index contributed by atoms with van der Waals surface area (Å²) in [7, 11) is 0. The molecule has 0 amide bonds. The number of fused-ring (bicyclic) bond motifs is 1. The summed E-state index contributed by atoms with van der Waals surface area (Å²) in [4.78, 5) is 14.4. The van der Waals surface area contributed by atoms with Crippen LogP contribution in [0.3, 0.4) is 0 Å². The third kappa shape index (κ3) is 5.19. The van der Waals surface area contributed by atoms with E-state index in [-0.39, 0.29) is 42.3 Å². The van der Waals surface area contributed by atoms with Crippen molar-refractivity contribution in [2.75, 3.05) is 13.2 Å². The number of phenolic OH excluding ortho intramolecular Hbond substituents is 1. The third-order valence-electron chi connectivity index (χ3n) is 5.69. The van der Waals surface area contributed by atoms with Crippen LogP contribution in [0.4, 0.5) is 0 Å². The topological polar surface area (TPSA) is 85.3 Å². The van der Waals surface area contributed by atoms with Gasteiger partial charge in [0.25, 0.3) is 0 Å². The van der Waals surface area contributed by atoms with E-state index in [9.17, 15) is 15.0 Å². The summed E-state index contributed by atoms with van der Waals surface area (Å²) in [5, 5.41) is 24.4. The van der Waals surface area contributed by atoms with Gasteiger partial charge in [-0.05, 0) is 41.8 Å². The predicted octanol–water partition coefficient (Wildman–Crippen LogP) is 4.50. The number of aliphatic hydroxyl groups is 1. The number of aromatic amines is 1. The van der Waals surface area contributed by atoms with Gasteiger partial charge < -0.3 is 20.5 Å². The molecule has 1 atom stereocenters. The van der Waals surface area contributed by atoms with E-state index in [2.05, 4.69) is 58.8 Å². The molecule has 0 radical (unpaired) electrons. The Kier molecular flexibility index (Phi) is 8.06. The normalized spacial score (nSPS) is 11.9. The number of pyridine rings is 1. The Morgan fingerprint density at radius 1 is 0.844 bits per heavy atom. The number of aliphatic hydroxyl groups excluding tert-OH is 1. The maximum Gasteiger partial charge on any atom is 0.248 e. The molecule has 4 rings (SSSR count). The summed E-state index contributed by atoms with van der Waals surface area (Å²) in [6, 6.07) is 27.0. The summed E-state index contributed by atoms with van der Waals surface area (Å²) in [5.41, 5.74) is 3.45. The van der Waals surface area contributed by atoms with E-state index in [0.29, 0.717) is 17.4 Å². The van der Waals surface area contributed by atoms with Gasteiger partial charge in [0, 0.05) is 17.4 Å². The fourth-order valence-corrected chi connectivity index (χ4v) is 4.13. The zero-order chi connectivity index (χ0) is 21.6.